The summed E-state index contributed by atoms with van der Waals surface area (Å²) in [6, 6.07) is 16.8. The molecule has 0 spiro atoms. The molecule has 0 bridgehead atoms. The Labute approximate surface area is 144 Å². The number of hydrogen-bond acceptors (Lipinski definition) is 4. The molecule has 0 radical (unpaired) electrons. The Balaban J connectivity index is 1.82. The molecule has 3 aromatic rings. The summed E-state index contributed by atoms with van der Waals surface area (Å²) >= 11 is 0. The van der Waals surface area contributed by atoms with E-state index in [-0.39, 0.29) is 17.4 Å². The lowest BCUT2D eigenvalue weighted by Gasteiger charge is -2.08. The summed E-state index contributed by atoms with van der Waals surface area (Å²) in [6.07, 6.45) is 0.799. The van der Waals surface area contributed by atoms with E-state index in [0.717, 1.165) is 17.7 Å². The van der Waals surface area contributed by atoms with Crippen molar-refractivity contribution >= 4 is 17.3 Å². The number of carbonyl (C=O) groups is 1. The van der Waals surface area contributed by atoms with Crippen LogP contribution in [0.15, 0.2) is 65.1 Å². The maximum atomic E-state index is 12.4. The Kier molecular flexibility index (Phi) is 4.61. The van der Waals surface area contributed by atoms with Crippen molar-refractivity contribution in [1.82, 2.24) is 0 Å². The fourth-order valence-corrected chi connectivity index (χ4v) is 2.52. The lowest BCUT2D eigenvalue weighted by Crippen LogP contribution is -2.12. The van der Waals surface area contributed by atoms with Crippen molar-refractivity contribution in [3.8, 4) is 11.3 Å². The number of para-hydroxylation sites is 1. The number of aryl methyl sites for hydroxylation is 1. The normalized spacial score (nSPS) is 10.4. The molecule has 1 aromatic heterocycles. The molecular formula is C19H16N2O4. The minimum absolute atomic E-state index is 0.0308. The first kappa shape index (κ1) is 16.4. The van der Waals surface area contributed by atoms with E-state index in [0.29, 0.717) is 11.3 Å². The third-order valence-electron chi connectivity index (χ3n) is 3.82. The van der Waals surface area contributed by atoms with Gasteiger partial charge < -0.3 is 9.73 Å². The number of amides is 1. The first-order valence-corrected chi connectivity index (χ1v) is 7.82. The Morgan fingerprint density at radius 3 is 2.68 bits per heavy atom. The highest BCUT2D eigenvalue weighted by molar-refractivity contribution is 6.03. The van der Waals surface area contributed by atoms with Gasteiger partial charge in [-0.05, 0) is 30.2 Å². The lowest BCUT2D eigenvalue weighted by atomic mass is 10.1. The Bertz CT molecular complexity index is 930. The largest absolute Gasteiger partial charge is 0.451 e. The van der Waals surface area contributed by atoms with Gasteiger partial charge in [-0.15, -0.1) is 0 Å². The molecule has 0 fully saturated rings. The average Bonchev–Trinajstić information content (AvgIpc) is 3.12. The lowest BCUT2D eigenvalue weighted by molar-refractivity contribution is -0.384. The second-order valence-corrected chi connectivity index (χ2v) is 5.44. The highest BCUT2D eigenvalue weighted by atomic mass is 16.6. The summed E-state index contributed by atoms with van der Waals surface area (Å²) < 4.78 is 5.58. The quantitative estimate of drug-likeness (QED) is 0.542. The predicted molar refractivity (Wildman–Crippen MR) is 94.6 cm³/mol. The van der Waals surface area contributed by atoms with Gasteiger partial charge in [-0.3, -0.25) is 14.9 Å². The molecule has 0 saturated heterocycles. The number of non-ortho nitro benzene ring substituents is 1. The molecule has 2 aromatic carbocycles. The van der Waals surface area contributed by atoms with E-state index >= 15 is 0 Å². The van der Waals surface area contributed by atoms with Gasteiger partial charge >= 0.3 is 0 Å². The number of rotatable bonds is 5. The second kappa shape index (κ2) is 7.00. The van der Waals surface area contributed by atoms with Crippen LogP contribution >= 0.6 is 0 Å². The molecule has 1 heterocycles. The number of nitrogens with zero attached hydrogens (tertiary/aromatic N) is 1. The summed E-state index contributed by atoms with van der Waals surface area (Å²) in [5.74, 6) is 0.183. The van der Waals surface area contributed by atoms with E-state index in [9.17, 15) is 14.9 Å². The number of nitro groups is 1. The van der Waals surface area contributed by atoms with Crippen LogP contribution in [0.3, 0.4) is 0 Å². The van der Waals surface area contributed by atoms with Crippen LogP contribution in [0, 0.1) is 10.1 Å². The minimum Gasteiger partial charge on any atom is -0.451 e. The van der Waals surface area contributed by atoms with E-state index < -0.39 is 4.92 Å². The zero-order chi connectivity index (χ0) is 17.8. The smallest absolute Gasteiger partial charge is 0.291 e. The van der Waals surface area contributed by atoms with Gasteiger partial charge in [-0.25, -0.2) is 0 Å². The molecule has 0 aliphatic heterocycles. The predicted octanol–water partition coefficient (Wildman–Crippen LogP) is 4.67. The zero-order valence-electron chi connectivity index (χ0n) is 13.6. The Morgan fingerprint density at radius 2 is 1.92 bits per heavy atom. The Morgan fingerprint density at radius 1 is 1.12 bits per heavy atom. The number of nitrogens with one attached hydrogen (secondary N) is 1. The van der Waals surface area contributed by atoms with Crippen molar-refractivity contribution in [2.24, 2.45) is 0 Å². The van der Waals surface area contributed by atoms with Gasteiger partial charge in [-0.1, -0.05) is 37.3 Å². The van der Waals surface area contributed by atoms with Crippen molar-refractivity contribution in [2.45, 2.75) is 13.3 Å². The molecule has 25 heavy (non-hydrogen) atoms. The van der Waals surface area contributed by atoms with Gasteiger partial charge in [0.1, 0.15) is 5.76 Å². The molecule has 1 amide bonds. The molecule has 126 valence electrons. The molecule has 0 aliphatic carbocycles. The van der Waals surface area contributed by atoms with E-state index in [1.807, 2.05) is 31.2 Å². The number of anilines is 1. The molecule has 0 unspecified atom stereocenters. The molecule has 3 rings (SSSR count). The number of furan rings is 1. The third kappa shape index (κ3) is 3.58. The van der Waals surface area contributed by atoms with Crippen molar-refractivity contribution in [2.75, 3.05) is 5.32 Å². The maximum absolute atomic E-state index is 12.4. The van der Waals surface area contributed by atoms with Gasteiger partial charge in [0.15, 0.2) is 5.76 Å². The molecule has 0 aliphatic rings. The topological polar surface area (TPSA) is 85.4 Å². The number of nitro benzene ring substituents is 1. The van der Waals surface area contributed by atoms with Crippen LogP contribution in [0.25, 0.3) is 11.3 Å². The van der Waals surface area contributed by atoms with Gasteiger partial charge in [-0.2, -0.15) is 0 Å². The molecule has 6 heteroatoms. The highest BCUT2D eigenvalue weighted by Crippen LogP contribution is 2.26. The summed E-state index contributed by atoms with van der Waals surface area (Å²) in [7, 11) is 0. The van der Waals surface area contributed by atoms with Crippen LogP contribution in [0.1, 0.15) is 23.0 Å². The van der Waals surface area contributed by atoms with E-state index in [1.54, 1.807) is 24.3 Å². The van der Waals surface area contributed by atoms with Crippen LogP contribution in [0.2, 0.25) is 0 Å². The summed E-state index contributed by atoms with van der Waals surface area (Å²) in [4.78, 5) is 22.8. The van der Waals surface area contributed by atoms with Gasteiger partial charge in [0.25, 0.3) is 11.6 Å². The van der Waals surface area contributed by atoms with E-state index in [2.05, 4.69) is 5.32 Å². The summed E-state index contributed by atoms with van der Waals surface area (Å²) in [5.41, 5.74) is 2.28. The maximum Gasteiger partial charge on any atom is 0.291 e. The van der Waals surface area contributed by atoms with Gasteiger partial charge in [0, 0.05) is 23.4 Å². The van der Waals surface area contributed by atoms with Crippen LogP contribution in [-0.2, 0) is 6.42 Å². The monoisotopic (exact) mass is 336 g/mol. The van der Waals surface area contributed by atoms with Crippen molar-refractivity contribution in [3.05, 3.63) is 82.1 Å². The highest BCUT2D eigenvalue weighted by Gasteiger charge is 2.15. The molecule has 6 nitrogen and oxygen atoms in total. The second-order valence-electron chi connectivity index (χ2n) is 5.44. The first-order chi connectivity index (χ1) is 12.1. The average molecular weight is 336 g/mol. The van der Waals surface area contributed by atoms with E-state index in [1.165, 1.54) is 12.1 Å². The van der Waals surface area contributed by atoms with Crippen molar-refractivity contribution in [1.29, 1.82) is 0 Å². The Hall–Kier alpha value is -3.41. The van der Waals surface area contributed by atoms with Crippen LogP contribution in [0.5, 0.6) is 0 Å². The molecule has 1 N–H and O–H groups in total. The van der Waals surface area contributed by atoms with Crippen LogP contribution in [-0.4, -0.2) is 10.8 Å². The number of carbonyl (C=O) groups excluding carboxylic acids is 1. The fourth-order valence-electron chi connectivity index (χ4n) is 2.52. The van der Waals surface area contributed by atoms with E-state index in [4.69, 9.17) is 4.42 Å². The summed E-state index contributed by atoms with van der Waals surface area (Å²) in [6.45, 7) is 2.01. The standard InChI is InChI=1S/C19H16N2O4/c1-2-13-6-3-4-9-16(13)20-19(22)18-11-10-17(25-18)14-7-5-8-15(12-14)21(23)24/h3-12H,2H2,1H3,(H,20,22). The first-order valence-electron chi connectivity index (χ1n) is 7.82. The van der Waals surface area contributed by atoms with Crippen molar-refractivity contribution in [3.63, 3.8) is 0 Å². The molecule has 0 atom stereocenters. The molecule has 0 saturated carbocycles. The minimum atomic E-state index is -0.470. The van der Waals surface area contributed by atoms with Crippen LogP contribution in [0.4, 0.5) is 11.4 Å². The SMILES string of the molecule is CCc1ccccc1NC(=O)c1ccc(-c2cccc([N+](=O)[O-])c2)o1. The number of hydrogen-bond donors (Lipinski definition) is 1. The van der Waals surface area contributed by atoms with Gasteiger partial charge in [0.05, 0.1) is 4.92 Å². The zero-order valence-corrected chi connectivity index (χ0v) is 13.6. The van der Waals surface area contributed by atoms with Crippen molar-refractivity contribution < 1.29 is 14.1 Å². The van der Waals surface area contributed by atoms with Gasteiger partial charge in [0.2, 0.25) is 0 Å². The number of benzene rings is 2. The van der Waals surface area contributed by atoms with Crippen LogP contribution < -0.4 is 5.32 Å². The summed E-state index contributed by atoms with van der Waals surface area (Å²) in [5, 5.41) is 13.7. The third-order valence-corrected chi connectivity index (χ3v) is 3.82. The molecular weight excluding hydrogens is 320 g/mol. The fraction of sp³-hybridized carbons (Fsp3) is 0.105.